The Morgan fingerprint density at radius 2 is 1.81 bits per heavy atom. The number of ether oxygens (including phenoxy) is 1. The van der Waals surface area contributed by atoms with Crippen LogP contribution >= 0.6 is 23.2 Å². The lowest BCUT2D eigenvalue weighted by Gasteiger charge is -2.12. The number of rotatable bonds is 6. The second-order valence-corrected chi connectivity index (χ2v) is 8.55. The Morgan fingerprint density at radius 1 is 1.19 bits per heavy atom. The smallest absolute Gasteiger partial charge is 0.315 e. The van der Waals surface area contributed by atoms with Gasteiger partial charge < -0.3 is 9.30 Å². The number of aryl methyl sites for hydroxylation is 1. The Balaban J connectivity index is 1.69. The highest BCUT2D eigenvalue weighted by atomic mass is 35.5. The summed E-state index contributed by atoms with van der Waals surface area (Å²) in [4.78, 5) is 24.7. The van der Waals surface area contributed by atoms with Crippen molar-refractivity contribution in [1.29, 1.82) is 0 Å². The van der Waals surface area contributed by atoms with E-state index in [9.17, 15) is 9.59 Å². The van der Waals surface area contributed by atoms with Gasteiger partial charge in [-0.05, 0) is 32.4 Å². The molecule has 2 aromatic rings. The van der Waals surface area contributed by atoms with Gasteiger partial charge in [-0.2, -0.15) is 0 Å². The molecule has 0 N–H and O–H groups in total. The van der Waals surface area contributed by atoms with Gasteiger partial charge in [0.25, 0.3) is 0 Å². The Morgan fingerprint density at radius 3 is 2.38 bits per heavy atom. The Kier molecular flexibility index (Phi) is 4.93. The molecule has 6 heteroatoms. The minimum Gasteiger partial charge on any atom is -0.457 e. The van der Waals surface area contributed by atoms with Crippen LogP contribution in [-0.2, 0) is 16.1 Å². The zero-order valence-corrected chi connectivity index (χ0v) is 16.5. The van der Waals surface area contributed by atoms with Gasteiger partial charge in [0, 0.05) is 29.9 Å². The molecule has 0 amide bonds. The molecule has 0 aliphatic heterocycles. The van der Waals surface area contributed by atoms with Crippen LogP contribution in [0.1, 0.15) is 40.7 Å². The van der Waals surface area contributed by atoms with E-state index >= 15 is 0 Å². The molecule has 0 spiro atoms. The fourth-order valence-corrected chi connectivity index (χ4v) is 3.77. The van der Waals surface area contributed by atoms with Gasteiger partial charge in [0.1, 0.15) is 9.75 Å². The number of aromatic nitrogens is 1. The summed E-state index contributed by atoms with van der Waals surface area (Å²) in [5, 5.41) is 0. The maximum atomic E-state index is 12.5. The molecule has 1 saturated carbocycles. The highest BCUT2D eigenvalue weighted by Crippen LogP contribution is 2.64. The first-order valence-electron chi connectivity index (χ1n) is 8.44. The fourth-order valence-electron chi connectivity index (χ4n) is 3.08. The molecule has 0 saturated heterocycles. The van der Waals surface area contributed by atoms with Crippen molar-refractivity contribution in [2.75, 3.05) is 6.61 Å². The third-order valence-electron chi connectivity index (χ3n) is 5.10. The summed E-state index contributed by atoms with van der Waals surface area (Å²) < 4.78 is 6.16. The molecular weight excluding hydrogens is 373 g/mol. The first kappa shape index (κ1) is 19.0. The quantitative estimate of drug-likeness (QED) is 0.413. The van der Waals surface area contributed by atoms with Gasteiger partial charge in [0.15, 0.2) is 6.61 Å². The van der Waals surface area contributed by atoms with Crippen molar-refractivity contribution < 1.29 is 14.3 Å². The van der Waals surface area contributed by atoms with Crippen LogP contribution in [0.2, 0.25) is 0 Å². The van der Waals surface area contributed by atoms with Gasteiger partial charge in [-0.1, -0.05) is 30.3 Å². The molecule has 26 heavy (non-hydrogen) atoms. The van der Waals surface area contributed by atoms with Gasteiger partial charge in [-0.25, -0.2) is 0 Å². The molecule has 1 aromatic carbocycles. The van der Waals surface area contributed by atoms with Gasteiger partial charge in [-0.15, -0.1) is 23.2 Å². The van der Waals surface area contributed by atoms with Crippen LogP contribution in [0, 0.1) is 19.3 Å². The van der Waals surface area contributed by atoms with Crippen LogP contribution in [-0.4, -0.2) is 27.3 Å². The number of carbonyl (C=O) groups excluding carboxylic acids is 2. The van der Waals surface area contributed by atoms with Gasteiger partial charge in [0.05, 0.1) is 0 Å². The largest absolute Gasteiger partial charge is 0.457 e. The van der Waals surface area contributed by atoms with Crippen LogP contribution in [0.3, 0.4) is 0 Å². The number of esters is 1. The molecule has 1 fully saturated rings. The van der Waals surface area contributed by atoms with E-state index in [4.69, 9.17) is 27.9 Å². The van der Waals surface area contributed by atoms with E-state index < -0.39 is 15.7 Å². The molecule has 1 heterocycles. The number of halogens is 2. The number of nitrogens with zero attached hydrogens (tertiary/aromatic N) is 1. The average molecular weight is 394 g/mol. The minimum absolute atomic E-state index is 0.232. The van der Waals surface area contributed by atoms with Gasteiger partial charge in [0.2, 0.25) is 5.78 Å². The first-order valence-corrected chi connectivity index (χ1v) is 9.20. The SMILES string of the molecule is Cc1cc(C(=O)COC(=O)[C@]2(C)CC2(Cl)Cl)c(C)n1Cc1ccccc1. The Hall–Kier alpha value is -1.78. The van der Waals surface area contributed by atoms with Crippen molar-refractivity contribution in [1.82, 2.24) is 4.57 Å². The summed E-state index contributed by atoms with van der Waals surface area (Å²) in [5.74, 6) is -0.765. The summed E-state index contributed by atoms with van der Waals surface area (Å²) in [7, 11) is 0. The van der Waals surface area contributed by atoms with E-state index in [1.807, 2.05) is 50.2 Å². The number of hydrogen-bond donors (Lipinski definition) is 0. The predicted octanol–water partition coefficient (Wildman–Crippen LogP) is 4.46. The second-order valence-electron chi connectivity index (χ2n) is 7.07. The molecule has 0 radical (unpaired) electrons. The van der Waals surface area contributed by atoms with Crippen molar-refractivity contribution in [2.24, 2.45) is 5.41 Å². The zero-order chi connectivity index (χ0) is 19.1. The molecule has 0 unspecified atom stereocenters. The average Bonchev–Trinajstić information content (AvgIpc) is 3.01. The van der Waals surface area contributed by atoms with Crippen molar-refractivity contribution in [3.05, 3.63) is 58.9 Å². The number of ketones is 1. The van der Waals surface area contributed by atoms with Crippen LogP contribution in [0.25, 0.3) is 0 Å². The van der Waals surface area contributed by atoms with E-state index in [-0.39, 0.29) is 12.4 Å². The molecule has 1 aliphatic carbocycles. The summed E-state index contributed by atoms with van der Waals surface area (Å²) >= 11 is 12.0. The molecule has 1 aliphatic rings. The Labute approximate surface area is 163 Å². The van der Waals surface area contributed by atoms with Gasteiger partial charge in [-0.3, -0.25) is 9.59 Å². The number of benzene rings is 1. The Bertz CT molecular complexity index is 857. The molecular formula is C20H21Cl2NO3. The van der Waals surface area contributed by atoms with E-state index in [0.717, 1.165) is 17.0 Å². The summed E-state index contributed by atoms with van der Waals surface area (Å²) in [5.41, 5.74) is 2.63. The number of alkyl halides is 2. The summed E-state index contributed by atoms with van der Waals surface area (Å²) in [6.07, 6.45) is 0.335. The van der Waals surface area contributed by atoms with Crippen LogP contribution in [0.4, 0.5) is 0 Å². The molecule has 138 valence electrons. The van der Waals surface area contributed by atoms with E-state index in [0.29, 0.717) is 18.5 Å². The van der Waals surface area contributed by atoms with Crippen molar-refractivity contribution in [3.63, 3.8) is 0 Å². The molecule has 1 aromatic heterocycles. The van der Waals surface area contributed by atoms with Crippen molar-refractivity contribution in [2.45, 2.75) is 38.1 Å². The lowest BCUT2D eigenvalue weighted by Crippen LogP contribution is -2.24. The van der Waals surface area contributed by atoms with E-state index in [1.54, 1.807) is 6.92 Å². The number of Topliss-reactive ketones (excluding diaryl/α,β-unsaturated/α-hetero) is 1. The lowest BCUT2D eigenvalue weighted by atomic mass is 10.1. The maximum Gasteiger partial charge on any atom is 0.315 e. The normalized spacial score (nSPS) is 20.7. The molecule has 3 rings (SSSR count). The van der Waals surface area contributed by atoms with Crippen LogP contribution in [0.15, 0.2) is 36.4 Å². The van der Waals surface area contributed by atoms with Crippen LogP contribution < -0.4 is 0 Å². The van der Waals surface area contributed by atoms with Gasteiger partial charge >= 0.3 is 5.97 Å². The topological polar surface area (TPSA) is 48.3 Å². The third-order valence-corrected chi connectivity index (χ3v) is 6.20. The molecule has 1 atom stereocenters. The predicted molar refractivity (Wildman–Crippen MR) is 102 cm³/mol. The summed E-state index contributed by atoms with van der Waals surface area (Å²) in [6, 6.07) is 11.9. The van der Waals surface area contributed by atoms with Crippen molar-refractivity contribution in [3.8, 4) is 0 Å². The number of hydrogen-bond acceptors (Lipinski definition) is 3. The summed E-state index contributed by atoms with van der Waals surface area (Å²) in [6.45, 7) is 5.87. The highest BCUT2D eigenvalue weighted by molar-refractivity contribution is 6.53. The van der Waals surface area contributed by atoms with E-state index in [2.05, 4.69) is 4.57 Å². The lowest BCUT2D eigenvalue weighted by molar-refractivity contribution is -0.148. The highest BCUT2D eigenvalue weighted by Gasteiger charge is 2.69. The van der Waals surface area contributed by atoms with Crippen LogP contribution in [0.5, 0.6) is 0 Å². The molecule has 0 bridgehead atoms. The second kappa shape index (κ2) is 6.75. The minimum atomic E-state index is -1.10. The zero-order valence-electron chi connectivity index (χ0n) is 15.0. The number of carbonyl (C=O) groups is 2. The maximum absolute atomic E-state index is 12.5. The fraction of sp³-hybridized carbons (Fsp3) is 0.400. The monoisotopic (exact) mass is 393 g/mol. The van der Waals surface area contributed by atoms with Crippen molar-refractivity contribution >= 4 is 35.0 Å². The molecule has 4 nitrogen and oxygen atoms in total. The van der Waals surface area contributed by atoms with E-state index in [1.165, 1.54) is 0 Å². The standard InChI is InChI=1S/C20H21Cl2NO3/c1-13-9-16(14(2)23(13)10-15-7-5-4-6-8-15)17(24)11-26-18(25)19(3)12-20(19,21)22/h4-9H,10-12H2,1-3H3/t19-/m0/s1. The third kappa shape index (κ3) is 3.40. The first-order chi connectivity index (χ1) is 12.2.